The van der Waals surface area contributed by atoms with Crippen molar-refractivity contribution >= 4 is 23.9 Å². The Hall–Kier alpha value is -5.14. The van der Waals surface area contributed by atoms with Gasteiger partial charge in [0, 0.05) is 19.3 Å². The predicted octanol–water partition coefficient (Wildman–Crippen LogP) is 15.0. The van der Waals surface area contributed by atoms with Crippen molar-refractivity contribution < 1.29 is 58.2 Å². The van der Waals surface area contributed by atoms with E-state index >= 15 is 0 Å². The van der Waals surface area contributed by atoms with Gasteiger partial charge in [-0.3, -0.25) is 14.4 Å². The van der Waals surface area contributed by atoms with Gasteiger partial charge in [-0.05, 0) is 122 Å². The van der Waals surface area contributed by atoms with E-state index in [1.165, 1.54) is 0 Å². The van der Waals surface area contributed by atoms with Crippen molar-refractivity contribution in [1.82, 2.24) is 0 Å². The lowest BCUT2D eigenvalue weighted by Crippen LogP contribution is -2.61. The molecule has 0 aromatic heterocycles. The molecule has 12 heteroatoms. The number of rotatable bonds is 47. The van der Waals surface area contributed by atoms with Gasteiger partial charge in [0.25, 0.3) is 0 Å². The maximum absolute atomic E-state index is 13.1. The van der Waals surface area contributed by atoms with Gasteiger partial charge in [-0.25, -0.2) is 4.79 Å². The topological polar surface area (TPSA) is 175 Å². The molecule has 3 N–H and O–H groups in total. The van der Waals surface area contributed by atoms with Gasteiger partial charge >= 0.3 is 23.9 Å². The molecule has 0 bridgehead atoms. The highest BCUT2D eigenvalue weighted by atomic mass is 16.7. The molecule has 0 saturated carbocycles. The molecule has 6 atom stereocenters. The number of aliphatic hydroxyl groups is 2. The Morgan fingerprint density at radius 1 is 0.442 bits per heavy atom. The van der Waals surface area contributed by atoms with Crippen LogP contribution in [0.3, 0.4) is 0 Å². The zero-order valence-electron chi connectivity index (χ0n) is 47.4. The molecule has 1 aliphatic rings. The number of allylic oxidation sites excluding steroid dienone is 22. The molecule has 1 heterocycles. The van der Waals surface area contributed by atoms with Crippen molar-refractivity contribution in [2.75, 3.05) is 13.2 Å². The number of ether oxygens (including phenoxy) is 5. The second kappa shape index (κ2) is 51.6. The average Bonchev–Trinajstić information content (AvgIpc) is 3.42. The van der Waals surface area contributed by atoms with E-state index in [-0.39, 0.29) is 25.9 Å². The third-order valence-electron chi connectivity index (χ3n) is 12.2. The predicted molar refractivity (Wildman–Crippen MR) is 312 cm³/mol. The zero-order chi connectivity index (χ0) is 56.1. The van der Waals surface area contributed by atoms with E-state index in [0.717, 1.165) is 135 Å². The number of hydrogen-bond donors (Lipinski definition) is 3. The molecular weight excluding hydrogens is 973 g/mol. The van der Waals surface area contributed by atoms with Gasteiger partial charge in [-0.2, -0.15) is 0 Å². The number of aliphatic hydroxyl groups excluding tert-OH is 2. The lowest BCUT2D eigenvalue weighted by atomic mass is 9.98. The van der Waals surface area contributed by atoms with Crippen molar-refractivity contribution in [3.8, 4) is 0 Å². The first kappa shape index (κ1) is 69.9. The Morgan fingerprint density at radius 2 is 0.831 bits per heavy atom. The van der Waals surface area contributed by atoms with Crippen LogP contribution < -0.4 is 0 Å². The lowest BCUT2D eigenvalue weighted by Gasteiger charge is -2.40. The fraction of sp³-hybridized carbons (Fsp3) is 0.600. The normalized spacial score (nSPS) is 19.0. The van der Waals surface area contributed by atoms with Crippen LogP contribution in [-0.4, -0.2) is 89.2 Å². The molecule has 1 fully saturated rings. The molecule has 0 aromatic carbocycles. The van der Waals surface area contributed by atoms with Gasteiger partial charge in [0.05, 0.1) is 6.61 Å². The number of hydrogen-bond acceptors (Lipinski definition) is 11. The third-order valence-corrected chi connectivity index (χ3v) is 12.2. The van der Waals surface area contributed by atoms with E-state index in [1.54, 1.807) is 0 Å². The van der Waals surface area contributed by atoms with E-state index in [4.69, 9.17) is 23.7 Å². The summed E-state index contributed by atoms with van der Waals surface area (Å²) in [6.45, 7) is 5.60. The van der Waals surface area contributed by atoms with Crippen molar-refractivity contribution in [2.24, 2.45) is 0 Å². The van der Waals surface area contributed by atoms with Crippen molar-refractivity contribution in [3.05, 3.63) is 134 Å². The number of carbonyl (C=O) groups excluding carboxylic acids is 3. The maximum Gasteiger partial charge on any atom is 0.335 e. The monoisotopic (exact) mass is 1070 g/mol. The first-order valence-corrected chi connectivity index (χ1v) is 29.2. The van der Waals surface area contributed by atoms with Crippen LogP contribution in [0.2, 0.25) is 0 Å². The minimum atomic E-state index is -1.93. The van der Waals surface area contributed by atoms with Crippen LogP contribution in [0, 0.1) is 0 Å². The summed E-state index contributed by atoms with van der Waals surface area (Å²) in [7, 11) is 0. The molecule has 0 aliphatic carbocycles. The number of esters is 3. The fourth-order valence-electron chi connectivity index (χ4n) is 7.78. The van der Waals surface area contributed by atoms with Gasteiger partial charge in [-0.15, -0.1) is 0 Å². The van der Waals surface area contributed by atoms with E-state index < -0.39 is 67.3 Å². The SMILES string of the molecule is CC/C=C\C/C=C\C/C=C\C/C=C\C/C=C\CCCC(=O)OCC(COC1OC(C(=O)O)C(O)C(O)C1OC(=O)CCCCCCC/C=C\C/C=C\CCC)OC(=O)CCCCCC/C=C\C/C=C\C/C=C\C/C=C\CC. The fourth-order valence-corrected chi connectivity index (χ4v) is 7.78. The minimum Gasteiger partial charge on any atom is -0.479 e. The maximum atomic E-state index is 13.1. The second-order valence-corrected chi connectivity index (χ2v) is 19.2. The summed E-state index contributed by atoms with van der Waals surface area (Å²) < 4.78 is 28.3. The van der Waals surface area contributed by atoms with Crippen LogP contribution in [0.4, 0.5) is 0 Å². The lowest BCUT2D eigenvalue weighted by molar-refractivity contribution is -0.301. The minimum absolute atomic E-state index is 0.0279. The summed E-state index contributed by atoms with van der Waals surface area (Å²) >= 11 is 0. The van der Waals surface area contributed by atoms with Crippen molar-refractivity contribution in [1.29, 1.82) is 0 Å². The number of carboxylic acid groups (broad SMARTS) is 1. The number of unbranched alkanes of at least 4 members (excludes halogenated alkanes) is 11. The Balaban J connectivity index is 2.77. The molecular formula is C65H100O12. The zero-order valence-corrected chi connectivity index (χ0v) is 47.4. The highest BCUT2D eigenvalue weighted by Gasteiger charge is 2.50. The number of carboxylic acids is 1. The van der Waals surface area contributed by atoms with Crippen LogP contribution in [0.5, 0.6) is 0 Å². The summed E-state index contributed by atoms with van der Waals surface area (Å²) in [6.07, 6.45) is 60.0. The summed E-state index contributed by atoms with van der Waals surface area (Å²) in [5.41, 5.74) is 0. The average molecular weight is 1070 g/mol. The highest BCUT2D eigenvalue weighted by molar-refractivity contribution is 5.74. The molecule has 6 unspecified atom stereocenters. The molecule has 0 amide bonds. The molecule has 1 aliphatic heterocycles. The Morgan fingerprint density at radius 3 is 1.29 bits per heavy atom. The van der Waals surface area contributed by atoms with E-state index in [2.05, 4.69) is 148 Å². The largest absolute Gasteiger partial charge is 0.479 e. The van der Waals surface area contributed by atoms with Crippen molar-refractivity contribution in [2.45, 2.75) is 237 Å². The van der Waals surface area contributed by atoms with E-state index in [9.17, 15) is 34.5 Å². The molecule has 0 aromatic rings. The smallest absolute Gasteiger partial charge is 0.335 e. The van der Waals surface area contributed by atoms with Crippen molar-refractivity contribution in [3.63, 3.8) is 0 Å². The Kier molecular flexibility index (Phi) is 46.8. The molecule has 1 saturated heterocycles. The van der Waals surface area contributed by atoms with Crippen LogP contribution in [0.1, 0.15) is 201 Å². The summed E-state index contributed by atoms with van der Waals surface area (Å²) in [5, 5.41) is 31.5. The molecule has 12 nitrogen and oxygen atoms in total. The van der Waals surface area contributed by atoms with E-state index in [0.29, 0.717) is 25.7 Å². The summed E-state index contributed by atoms with van der Waals surface area (Å²) in [5.74, 6) is -3.27. The van der Waals surface area contributed by atoms with Gasteiger partial charge in [0.2, 0.25) is 0 Å². The van der Waals surface area contributed by atoms with E-state index in [1.807, 2.05) is 6.08 Å². The first-order chi connectivity index (χ1) is 37.6. The van der Waals surface area contributed by atoms with Gasteiger partial charge in [0.1, 0.15) is 18.8 Å². The van der Waals surface area contributed by atoms with Crippen LogP contribution in [0.15, 0.2) is 134 Å². The Labute approximate surface area is 464 Å². The van der Waals surface area contributed by atoms with Gasteiger partial charge in [0.15, 0.2) is 24.6 Å². The highest BCUT2D eigenvalue weighted by Crippen LogP contribution is 2.26. The summed E-state index contributed by atoms with van der Waals surface area (Å²) in [6, 6.07) is 0. The second-order valence-electron chi connectivity index (χ2n) is 19.2. The number of aliphatic carboxylic acids is 1. The quantitative estimate of drug-likeness (QED) is 0.0228. The van der Waals surface area contributed by atoms with Crippen LogP contribution in [0.25, 0.3) is 0 Å². The molecule has 0 radical (unpaired) electrons. The summed E-state index contributed by atoms with van der Waals surface area (Å²) in [4.78, 5) is 51.1. The van der Waals surface area contributed by atoms with Gasteiger partial charge in [-0.1, -0.05) is 193 Å². The third kappa shape index (κ3) is 41.6. The Bertz CT molecular complexity index is 1850. The molecule has 1 rings (SSSR count). The standard InChI is InChI=1S/C65H100O12/c1-4-7-10-13-16-19-22-25-27-29-31-34-36-39-42-45-48-51-57(66)73-54-56(75-58(67)52-49-46-43-40-38-35-32-30-28-26-23-20-17-14-11-8-5-2)55-74-65-63(61(70)60(69)62(77-65)64(71)72)76-59(68)53-50-47-44-41-37-33-24-21-18-15-12-9-6-3/h7-8,10-12,15-17,19-21,24-28,31-32,34-35,39,42,56,60-63,65,69-70H,4-6,9,13-14,18,22-23,29-30,33,36-38,40-41,43-55H2,1-3H3,(H,71,72)/b10-7-,11-8-,15-12-,19-16-,20-17-,24-21-,27-25-,28-26-,34-31-,35-32-,42-39-. The van der Waals surface area contributed by atoms with Crippen LogP contribution in [-0.2, 0) is 42.9 Å². The van der Waals surface area contributed by atoms with Gasteiger partial charge < -0.3 is 39.0 Å². The first-order valence-electron chi connectivity index (χ1n) is 29.2. The molecule has 77 heavy (non-hydrogen) atoms. The van der Waals surface area contributed by atoms with Crippen LogP contribution >= 0.6 is 0 Å². The number of carbonyl (C=O) groups is 4. The molecule has 0 spiro atoms. The molecule has 432 valence electrons.